The Morgan fingerprint density at radius 2 is 2.08 bits per heavy atom. The van der Waals surface area contributed by atoms with Gasteiger partial charge >= 0.3 is 0 Å². The van der Waals surface area contributed by atoms with Gasteiger partial charge in [-0.3, -0.25) is 0 Å². The van der Waals surface area contributed by atoms with Crippen LogP contribution in [0.15, 0.2) is 41.4 Å². The van der Waals surface area contributed by atoms with Crippen molar-refractivity contribution in [1.29, 1.82) is 5.26 Å². The minimum Gasteiger partial charge on any atom is -0.473 e. The summed E-state index contributed by atoms with van der Waals surface area (Å²) >= 11 is 12.0. The molecule has 6 nitrogen and oxygen atoms in total. The number of rotatable bonds is 4. The number of sulfonamides is 1. The first-order chi connectivity index (χ1) is 12.4. The number of hydrogen-bond donors (Lipinski definition) is 0. The molecule has 26 heavy (non-hydrogen) atoms. The molecule has 0 aliphatic carbocycles. The molecule has 1 aromatic carbocycles. The highest BCUT2D eigenvalue weighted by atomic mass is 35.5. The molecular formula is C17H15Cl2N3O3S. The van der Waals surface area contributed by atoms with E-state index in [2.05, 4.69) is 4.98 Å². The van der Waals surface area contributed by atoms with Crippen LogP contribution in [0.4, 0.5) is 0 Å². The van der Waals surface area contributed by atoms with Gasteiger partial charge < -0.3 is 4.74 Å². The molecule has 0 amide bonds. The lowest BCUT2D eigenvalue weighted by molar-refractivity contribution is 0.124. The van der Waals surface area contributed by atoms with Crippen LogP contribution in [0.25, 0.3) is 0 Å². The fourth-order valence-electron chi connectivity index (χ4n) is 2.75. The van der Waals surface area contributed by atoms with Crippen LogP contribution in [-0.4, -0.2) is 36.9 Å². The lowest BCUT2D eigenvalue weighted by atomic mass is 10.1. The van der Waals surface area contributed by atoms with Crippen molar-refractivity contribution in [2.45, 2.75) is 23.8 Å². The second kappa shape index (κ2) is 7.80. The molecule has 0 saturated carbocycles. The van der Waals surface area contributed by atoms with Crippen LogP contribution in [-0.2, 0) is 10.0 Å². The number of nitriles is 1. The van der Waals surface area contributed by atoms with Gasteiger partial charge in [0.2, 0.25) is 15.9 Å². The monoisotopic (exact) mass is 411 g/mol. The van der Waals surface area contributed by atoms with Crippen LogP contribution in [0, 0.1) is 11.3 Å². The highest BCUT2D eigenvalue weighted by molar-refractivity contribution is 7.89. The first-order valence-corrected chi connectivity index (χ1v) is 10.1. The molecule has 1 aliphatic heterocycles. The molecule has 2 heterocycles. The molecule has 9 heteroatoms. The first-order valence-electron chi connectivity index (χ1n) is 7.88. The predicted molar refractivity (Wildman–Crippen MR) is 97.8 cm³/mol. The highest BCUT2D eigenvalue weighted by Crippen LogP contribution is 2.30. The number of benzene rings is 1. The van der Waals surface area contributed by atoms with Gasteiger partial charge in [-0.1, -0.05) is 23.2 Å². The van der Waals surface area contributed by atoms with E-state index in [4.69, 9.17) is 33.2 Å². The second-order valence-corrected chi connectivity index (χ2v) is 8.56. The van der Waals surface area contributed by atoms with Crippen molar-refractivity contribution in [2.24, 2.45) is 0 Å². The molecule has 1 atom stereocenters. The summed E-state index contributed by atoms with van der Waals surface area (Å²) in [6, 6.07) is 9.47. The van der Waals surface area contributed by atoms with Gasteiger partial charge in [-0.2, -0.15) is 9.57 Å². The summed E-state index contributed by atoms with van der Waals surface area (Å²) in [5, 5.41) is 9.37. The van der Waals surface area contributed by atoms with Crippen molar-refractivity contribution in [3.8, 4) is 11.9 Å². The zero-order chi connectivity index (χ0) is 18.7. The Labute approximate surface area is 162 Å². The van der Waals surface area contributed by atoms with Crippen LogP contribution >= 0.6 is 23.2 Å². The van der Waals surface area contributed by atoms with Gasteiger partial charge in [0.1, 0.15) is 11.0 Å². The molecule has 0 spiro atoms. The van der Waals surface area contributed by atoms with Crippen molar-refractivity contribution in [3.63, 3.8) is 0 Å². The summed E-state index contributed by atoms with van der Waals surface area (Å²) < 4.78 is 33.0. The van der Waals surface area contributed by atoms with E-state index < -0.39 is 10.0 Å². The minimum absolute atomic E-state index is 0.0167. The molecule has 1 aliphatic rings. The van der Waals surface area contributed by atoms with Crippen molar-refractivity contribution in [1.82, 2.24) is 9.29 Å². The maximum Gasteiger partial charge on any atom is 0.244 e. The third-order valence-corrected chi connectivity index (χ3v) is 6.59. The zero-order valence-corrected chi connectivity index (χ0v) is 15.9. The number of piperidine rings is 1. The van der Waals surface area contributed by atoms with Crippen molar-refractivity contribution >= 4 is 33.2 Å². The topological polar surface area (TPSA) is 83.3 Å². The Bertz CT molecular complexity index is 960. The van der Waals surface area contributed by atoms with Crippen molar-refractivity contribution in [3.05, 3.63) is 52.1 Å². The number of hydrogen-bond acceptors (Lipinski definition) is 5. The maximum absolute atomic E-state index is 12.9. The van der Waals surface area contributed by atoms with Gasteiger partial charge in [0.25, 0.3) is 0 Å². The highest BCUT2D eigenvalue weighted by Gasteiger charge is 2.32. The largest absolute Gasteiger partial charge is 0.473 e. The summed E-state index contributed by atoms with van der Waals surface area (Å²) in [6.07, 6.45) is 2.45. The summed E-state index contributed by atoms with van der Waals surface area (Å²) in [5.74, 6) is 0.300. The van der Waals surface area contributed by atoms with Crippen LogP contribution in [0.3, 0.4) is 0 Å². The molecular weight excluding hydrogens is 397 g/mol. The summed E-state index contributed by atoms with van der Waals surface area (Å²) in [5.41, 5.74) is 0.431. The molecule has 1 aromatic heterocycles. The Morgan fingerprint density at radius 3 is 2.85 bits per heavy atom. The van der Waals surface area contributed by atoms with E-state index >= 15 is 0 Å². The summed E-state index contributed by atoms with van der Waals surface area (Å²) in [6.45, 7) is 0.542. The molecule has 0 N–H and O–H groups in total. The Hall–Kier alpha value is -1.85. The second-order valence-electron chi connectivity index (χ2n) is 5.81. The molecule has 1 fully saturated rings. The van der Waals surface area contributed by atoms with Gasteiger partial charge in [0, 0.05) is 23.8 Å². The molecule has 1 saturated heterocycles. The third-order valence-electron chi connectivity index (χ3n) is 4.00. The van der Waals surface area contributed by atoms with E-state index in [9.17, 15) is 8.42 Å². The van der Waals surface area contributed by atoms with Gasteiger partial charge in [-0.25, -0.2) is 13.4 Å². The van der Waals surface area contributed by atoms with E-state index in [1.165, 1.54) is 28.7 Å². The average molecular weight is 412 g/mol. The Morgan fingerprint density at radius 1 is 1.27 bits per heavy atom. The standard InChI is InChI=1S/C17H15Cl2N3O3S/c18-13-3-4-15(19)16(9-13)26(23,24)22-7-1-2-14(11-22)25-17-8-12(10-20)5-6-21-17/h3-6,8-9,14H,1-2,7,11H2/t14-/m0/s1. The fraction of sp³-hybridized carbons (Fsp3) is 0.294. The van der Waals surface area contributed by atoms with Crippen molar-refractivity contribution < 1.29 is 13.2 Å². The average Bonchev–Trinajstić information content (AvgIpc) is 2.64. The number of ether oxygens (including phenoxy) is 1. The molecule has 2 aromatic rings. The number of aromatic nitrogens is 1. The first kappa shape index (κ1) is 18.9. The Balaban J connectivity index is 1.79. The van der Waals surface area contributed by atoms with Gasteiger partial charge in [-0.05, 0) is 37.1 Å². The van der Waals surface area contributed by atoms with Gasteiger partial charge in [0.15, 0.2) is 0 Å². The molecule has 0 radical (unpaired) electrons. The van der Waals surface area contributed by atoms with Crippen LogP contribution < -0.4 is 4.74 Å². The van der Waals surface area contributed by atoms with Crippen LogP contribution in [0.5, 0.6) is 5.88 Å². The molecule has 0 bridgehead atoms. The number of halogens is 2. The SMILES string of the molecule is N#Cc1ccnc(O[C@H]2CCCN(S(=O)(=O)c3cc(Cl)ccc3Cl)C2)c1. The van der Waals surface area contributed by atoms with Crippen LogP contribution in [0.2, 0.25) is 10.0 Å². The third kappa shape index (κ3) is 4.10. The quantitative estimate of drug-likeness (QED) is 0.768. The summed E-state index contributed by atoms with van der Waals surface area (Å²) in [7, 11) is -3.79. The Kier molecular flexibility index (Phi) is 5.68. The van der Waals surface area contributed by atoms with E-state index in [0.717, 1.165) is 0 Å². The fourth-order valence-corrected chi connectivity index (χ4v) is 5.00. The summed E-state index contributed by atoms with van der Waals surface area (Å²) in [4.78, 5) is 4.06. The van der Waals surface area contributed by atoms with E-state index in [-0.39, 0.29) is 22.6 Å². The molecule has 0 unspecified atom stereocenters. The normalized spacial score (nSPS) is 18.3. The molecule has 3 rings (SSSR count). The van der Waals surface area contributed by atoms with E-state index in [1.807, 2.05) is 6.07 Å². The van der Waals surface area contributed by atoms with Gasteiger partial charge in [-0.15, -0.1) is 0 Å². The minimum atomic E-state index is -3.79. The van der Waals surface area contributed by atoms with Gasteiger partial charge in [0.05, 0.1) is 23.2 Å². The lowest BCUT2D eigenvalue weighted by Gasteiger charge is -2.32. The zero-order valence-electron chi connectivity index (χ0n) is 13.6. The van der Waals surface area contributed by atoms with Crippen molar-refractivity contribution in [2.75, 3.05) is 13.1 Å². The maximum atomic E-state index is 12.9. The number of nitrogens with zero attached hydrogens (tertiary/aromatic N) is 3. The van der Waals surface area contributed by atoms with E-state index in [0.29, 0.717) is 35.9 Å². The molecule has 136 valence electrons. The smallest absolute Gasteiger partial charge is 0.244 e. The number of pyridine rings is 1. The lowest BCUT2D eigenvalue weighted by Crippen LogP contribution is -2.44. The van der Waals surface area contributed by atoms with Crippen LogP contribution in [0.1, 0.15) is 18.4 Å². The van der Waals surface area contributed by atoms with E-state index in [1.54, 1.807) is 12.1 Å². The predicted octanol–water partition coefficient (Wildman–Crippen LogP) is 3.49.